The maximum atomic E-state index is 4.35. The van der Waals surface area contributed by atoms with Crippen LogP contribution >= 0.6 is 24.0 Å². The summed E-state index contributed by atoms with van der Waals surface area (Å²) in [5.41, 5.74) is 1.37. The van der Waals surface area contributed by atoms with E-state index in [-0.39, 0.29) is 24.0 Å². The number of hydrogen-bond acceptors (Lipinski definition) is 3. The summed E-state index contributed by atoms with van der Waals surface area (Å²) < 4.78 is 2.27. The molecule has 0 atom stereocenters. The number of aryl methyl sites for hydroxylation is 2. The lowest BCUT2D eigenvalue weighted by atomic mass is 10.1. The van der Waals surface area contributed by atoms with Gasteiger partial charge in [0.05, 0.1) is 6.54 Å². The molecule has 3 rings (SSSR count). The fourth-order valence-electron chi connectivity index (χ4n) is 3.20. The number of halogens is 1. The fraction of sp³-hybridized carbons (Fsp3) is 0.526. The van der Waals surface area contributed by atoms with Crippen LogP contribution in [0, 0.1) is 0 Å². The van der Waals surface area contributed by atoms with Crippen LogP contribution < -0.4 is 10.6 Å². The van der Waals surface area contributed by atoms with Crippen molar-refractivity contribution in [1.29, 1.82) is 0 Å². The third-order valence-electron chi connectivity index (χ3n) is 4.60. The Hall–Kier alpha value is -1.64. The first-order chi connectivity index (χ1) is 12.4. The second-order valence-corrected chi connectivity index (χ2v) is 6.44. The minimum Gasteiger partial charge on any atom is -0.356 e. The first kappa shape index (κ1) is 20.7. The zero-order valence-corrected chi connectivity index (χ0v) is 17.8. The molecule has 0 unspecified atom stereocenters. The highest BCUT2D eigenvalue weighted by molar-refractivity contribution is 14.0. The first-order valence-corrected chi connectivity index (χ1v) is 9.26. The summed E-state index contributed by atoms with van der Waals surface area (Å²) >= 11 is 0. The molecule has 0 spiro atoms. The van der Waals surface area contributed by atoms with E-state index >= 15 is 0 Å². The third-order valence-corrected chi connectivity index (χ3v) is 4.60. The predicted octanol–water partition coefficient (Wildman–Crippen LogP) is 2.92. The Kier molecular flexibility index (Phi) is 8.87. The van der Waals surface area contributed by atoms with Gasteiger partial charge in [-0.05, 0) is 31.2 Å². The van der Waals surface area contributed by atoms with Gasteiger partial charge in [-0.3, -0.25) is 4.99 Å². The van der Waals surface area contributed by atoms with Crippen molar-refractivity contribution in [3.05, 3.63) is 47.5 Å². The van der Waals surface area contributed by atoms with Crippen LogP contribution in [-0.2, 0) is 25.9 Å². The van der Waals surface area contributed by atoms with Crippen molar-refractivity contribution in [2.45, 2.75) is 51.6 Å². The molecule has 7 heteroatoms. The van der Waals surface area contributed by atoms with Gasteiger partial charge in [0.1, 0.15) is 5.82 Å². The van der Waals surface area contributed by atoms with E-state index in [1.165, 1.54) is 24.8 Å². The molecule has 0 fully saturated rings. The fourth-order valence-corrected chi connectivity index (χ4v) is 3.20. The number of aliphatic imine (C=N–C) groups is 1. The monoisotopic (exact) mass is 468 g/mol. The van der Waals surface area contributed by atoms with Crippen LogP contribution in [0.4, 0.5) is 0 Å². The van der Waals surface area contributed by atoms with E-state index in [4.69, 9.17) is 0 Å². The summed E-state index contributed by atoms with van der Waals surface area (Å²) in [6.07, 6.45) is 6.90. The Balaban J connectivity index is 0.00000243. The average molecular weight is 468 g/mol. The maximum Gasteiger partial charge on any atom is 0.191 e. The Morgan fingerprint density at radius 2 is 1.96 bits per heavy atom. The summed E-state index contributed by atoms with van der Waals surface area (Å²) in [5, 5.41) is 15.4. The van der Waals surface area contributed by atoms with Gasteiger partial charge < -0.3 is 15.2 Å². The van der Waals surface area contributed by atoms with Crippen LogP contribution in [0.5, 0.6) is 0 Å². The van der Waals surface area contributed by atoms with Gasteiger partial charge >= 0.3 is 0 Å². The van der Waals surface area contributed by atoms with E-state index in [1.807, 2.05) is 0 Å². The molecule has 0 amide bonds. The third kappa shape index (κ3) is 5.96. The highest BCUT2D eigenvalue weighted by Crippen LogP contribution is 2.14. The van der Waals surface area contributed by atoms with E-state index in [2.05, 4.69) is 60.7 Å². The van der Waals surface area contributed by atoms with Crippen molar-refractivity contribution in [1.82, 2.24) is 25.4 Å². The predicted molar refractivity (Wildman–Crippen MR) is 116 cm³/mol. The number of guanidine groups is 1. The molecule has 142 valence electrons. The molecular formula is C19H29IN6. The summed E-state index contributed by atoms with van der Waals surface area (Å²) in [6, 6.07) is 10.6. The van der Waals surface area contributed by atoms with Crippen molar-refractivity contribution in [2.75, 3.05) is 13.6 Å². The molecule has 26 heavy (non-hydrogen) atoms. The molecule has 1 aliphatic rings. The number of fused-ring (bicyclic) bond motifs is 1. The van der Waals surface area contributed by atoms with Crippen LogP contribution in [-0.4, -0.2) is 34.3 Å². The van der Waals surface area contributed by atoms with Gasteiger partial charge in [-0.25, -0.2) is 0 Å². The zero-order valence-electron chi connectivity index (χ0n) is 15.4. The highest BCUT2D eigenvalue weighted by atomic mass is 127. The van der Waals surface area contributed by atoms with Crippen LogP contribution in [0.3, 0.4) is 0 Å². The molecule has 1 aliphatic heterocycles. The van der Waals surface area contributed by atoms with E-state index in [1.54, 1.807) is 7.05 Å². The quantitative estimate of drug-likeness (QED) is 0.296. The molecule has 2 heterocycles. The summed E-state index contributed by atoms with van der Waals surface area (Å²) in [5.74, 6) is 2.95. The van der Waals surface area contributed by atoms with Crippen LogP contribution in [0.15, 0.2) is 35.3 Å². The van der Waals surface area contributed by atoms with Crippen LogP contribution in [0.25, 0.3) is 0 Å². The van der Waals surface area contributed by atoms with Gasteiger partial charge in [-0.15, -0.1) is 34.2 Å². The van der Waals surface area contributed by atoms with Gasteiger partial charge in [-0.2, -0.15) is 0 Å². The molecular weight excluding hydrogens is 439 g/mol. The smallest absolute Gasteiger partial charge is 0.191 e. The minimum absolute atomic E-state index is 0. The Morgan fingerprint density at radius 3 is 2.77 bits per heavy atom. The topological polar surface area (TPSA) is 67.1 Å². The average Bonchev–Trinajstić information content (AvgIpc) is 2.88. The molecule has 2 N–H and O–H groups in total. The Labute approximate surface area is 172 Å². The molecule has 0 bridgehead atoms. The van der Waals surface area contributed by atoms with Gasteiger partial charge in [0.15, 0.2) is 11.8 Å². The van der Waals surface area contributed by atoms with Crippen molar-refractivity contribution >= 4 is 29.9 Å². The normalized spacial score (nSPS) is 14.1. The number of nitrogens with one attached hydrogen (secondary N) is 2. The number of hydrogen-bond donors (Lipinski definition) is 2. The maximum absolute atomic E-state index is 4.35. The van der Waals surface area contributed by atoms with Gasteiger partial charge in [0, 0.05) is 26.6 Å². The number of aromatic nitrogens is 3. The van der Waals surface area contributed by atoms with Crippen LogP contribution in [0.1, 0.15) is 42.9 Å². The van der Waals surface area contributed by atoms with E-state index in [0.29, 0.717) is 6.54 Å². The summed E-state index contributed by atoms with van der Waals surface area (Å²) in [4.78, 5) is 4.30. The van der Waals surface area contributed by atoms with Crippen molar-refractivity contribution in [2.24, 2.45) is 4.99 Å². The summed E-state index contributed by atoms with van der Waals surface area (Å²) in [6.45, 7) is 2.58. The van der Waals surface area contributed by atoms with Gasteiger partial charge in [0.25, 0.3) is 0 Å². The Morgan fingerprint density at radius 1 is 1.12 bits per heavy atom. The molecule has 0 radical (unpaired) electrons. The van der Waals surface area contributed by atoms with E-state index in [9.17, 15) is 0 Å². The first-order valence-electron chi connectivity index (χ1n) is 9.26. The largest absolute Gasteiger partial charge is 0.356 e. The van der Waals surface area contributed by atoms with Crippen molar-refractivity contribution < 1.29 is 0 Å². The lowest BCUT2D eigenvalue weighted by Crippen LogP contribution is -2.38. The van der Waals surface area contributed by atoms with E-state index < -0.39 is 0 Å². The van der Waals surface area contributed by atoms with Gasteiger partial charge in [0.2, 0.25) is 0 Å². The highest BCUT2D eigenvalue weighted by Gasteiger charge is 2.14. The molecule has 1 aromatic carbocycles. The van der Waals surface area contributed by atoms with Crippen LogP contribution in [0.2, 0.25) is 0 Å². The minimum atomic E-state index is 0. The lowest BCUT2D eigenvalue weighted by Gasteiger charge is -2.12. The van der Waals surface area contributed by atoms with Crippen molar-refractivity contribution in [3.8, 4) is 0 Å². The SMILES string of the molecule is CN=C(NCCCc1ccccc1)NCc1nnc2n1CCCCC2.I. The second-order valence-electron chi connectivity index (χ2n) is 6.44. The van der Waals surface area contributed by atoms with Gasteiger partial charge in [-0.1, -0.05) is 36.8 Å². The molecule has 1 aromatic heterocycles. The molecule has 0 aliphatic carbocycles. The molecule has 0 saturated heterocycles. The molecule has 0 saturated carbocycles. The molecule has 2 aromatic rings. The number of benzene rings is 1. The standard InChI is InChI=1S/C19H28N6.HI/c1-20-19(21-13-8-11-16-9-4-2-5-10-16)22-15-18-24-23-17-12-6-3-7-14-25(17)18;/h2,4-5,9-10H,3,6-8,11-15H2,1H3,(H2,20,21,22);1H. The second kappa shape index (κ2) is 11.2. The Bertz CT molecular complexity index is 683. The number of nitrogens with zero attached hydrogens (tertiary/aromatic N) is 4. The van der Waals surface area contributed by atoms with E-state index in [0.717, 1.165) is 50.0 Å². The molecule has 6 nitrogen and oxygen atoms in total. The summed E-state index contributed by atoms with van der Waals surface area (Å²) in [7, 11) is 1.80. The zero-order chi connectivity index (χ0) is 17.3. The number of rotatable bonds is 6. The van der Waals surface area contributed by atoms with Crippen molar-refractivity contribution in [3.63, 3.8) is 0 Å². The lowest BCUT2D eigenvalue weighted by molar-refractivity contribution is 0.596.